The maximum absolute atomic E-state index is 12.4. The molecule has 0 spiro atoms. The van der Waals surface area contributed by atoms with Crippen molar-refractivity contribution < 1.29 is 9.32 Å². The zero-order valence-electron chi connectivity index (χ0n) is 11.0. The Labute approximate surface area is 121 Å². The Kier molecular flexibility index (Phi) is 3.22. The normalized spacial score (nSPS) is 15.9. The summed E-state index contributed by atoms with van der Waals surface area (Å²) < 4.78 is 4.87. The first-order valence-corrected chi connectivity index (χ1v) is 6.81. The van der Waals surface area contributed by atoms with Crippen LogP contribution in [0.3, 0.4) is 0 Å². The number of benzene rings is 1. The van der Waals surface area contributed by atoms with Crippen molar-refractivity contribution >= 4 is 17.5 Å². The smallest absolute Gasteiger partial charge is 0.231 e. The molecule has 1 aromatic heterocycles. The van der Waals surface area contributed by atoms with E-state index in [1.54, 1.807) is 13.0 Å². The van der Waals surface area contributed by atoms with Crippen LogP contribution in [0.5, 0.6) is 0 Å². The van der Waals surface area contributed by atoms with Gasteiger partial charge in [-0.05, 0) is 30.5 Å². The SMILES string of the molecule is Cc1nc(CNC(=O)C2(c3cccc(Cl)c3)CC2)no1. The van der Waals surface area contributed by atoms with Crippen molar-refractivity contribution in [1.82, 2.24) is 15.5 Å². The average Bonchev–Trinajstić information content (AvgIpc) is 3.14. The number of nitrogens with one attached hydrogen (secondary N) is 1. The number of halogens is 1. The van der Waals surface area contributed by atoms with Gasteiger partial charge in [-0.3, -0.25) is 4.79 Å². The molecular weight excluding hydrogens is 278 g/mol. The van der Waals surface area contributed by atoms with Crippen LogP contribution in [0.25, 0.3) is 0 Å². The Balaban J connectivity index is 1.70. The average molecular weight is 292 g/mol. The second-order valence-corrected chi connectivity index (χ2v) is 5.44. The molecule has 0 aliphatic heterocycles. The second kappa shape index (κ2) is 4.90. The number of rotatable bonds is 4. The van der Waals surface area contributed by atoms with Crippen LogP contribution in [-0.2, 0) is 16.8 Å². The van der Waals surface area contributed by atoms with Gasteiger partial charge in [0.05, 0.1) is 12.0 Å². The molecule has 2 aromatic rings. The lowest BCUT2D eigenvalue weighted by Crippen LogP contribution is -2.34. The van der Waals surface area contributed by atoms with E-state index in [1.807, 2.05) is 18.2 Å². The molecule has 1 aromatic carbocycles. The molecule has 20 heavy (non-hydrogen) atoms. The highest BCUT2D eigenvalue weighted by molar-refractivity contribution is 6.30. The summed E-state index contributed by atoms with van der Waals surface area (Å²) in [5.74, 6) is 0.963. The molecule has 1 aliphatic carbocycles. The van der Waals surface area contributed by atoms with Crippen LogP contribution in [-0.4, -0.2) is 16.0 Å². The fraction of sp³-hybridized carbons (Fsp3) is 0.357. The van der Waals surface area contributed by atoms with Crippen LogP contribution in [0.15, 0.2) is 28.8 Å². The molecule has 6 heteroatoms. The number of amides is 1. The molecule has 0 bridgehead atoms. The number of carbonyl (C=O) groups is 1. The van der Waals surface area contributed by atoms with Crippen LogP contribution >= 0.6 is 11.6 Å². The number of aryl methyl sites for hydroxylation is 1. The van der Waals surface area contributed by atoms with Gasteiger partial charge in [0.15, 0.2) is 5.82 Å². The lowest BCUT2D eigenvalue weighted by molar-refractivity contribution is -0.123. The van der Waals surface area contributed by atoms with E-state index in [1.165, 1.54) is 0 Å². The van der Waals surface area contributed by atoms with E-state index in [2.05, 4.69) is 15.5 Å². The Morgan fingerprint density at radius 2 is 2.30 bits per heavy atom. The van der Waals surface area contributed by atoms with E-state index in [0.717, 1.165) is 18.4 Å². The summed E-state index contributed by atoms with van der Waals surface area (Å²) in [6, 6.07) is 7.47. The van der Waals surface area contributed by atoms with E-state index in [-0.39, 0.29) is 12.5 Å². The number of carbonyl (C=O) groups excluding carboxylic acids is 1. The fourth-order valence-corrected chi connectivity index (χ4v) is 2.49. The molecular formula is C14H14ClN3O2. The number of hydrogen-bond acceptors (Lipinski definition) is 4. The minimum Gasteiger partial charge on any atom is -0.348 e. The summed E-state index contributed by atoms with van der Waals surface area (Å²) in [7, 11) is 0. The predicted octanol–water partition coefficient (Wildman–Crippen LogP) is 2.38. The molecule has 0 unspecified atom stereocenters. The topological polar surface area (TPSA) is 68.0 Å². The van der Waals surface area contributed by atoms with Crippen molar-refractivity contribution in [2.45, 2.75) is 31.7 Å². The van der Waals surface area contributed by atoms with Gasteiger partial charge in [0.1, 0.15) is 0 Å². The lowest BCUT2D eigenvalue weighted by atomic mass is 9.95. The first-order valence-electron chi connectivity index (χ1n) is 6.44. The molecule has 1 aliphatic rings. The third kappa shape index (κ3) is 2.41. The first kappa shape index (κ1) is 13.1. The number of nitrogens with zero attached hydrogens (tertiary/aromatic N) is 2. The largest absolute Gasteiger partial charge is 0.348 e. The highest BCUT2D eigenvalue weighted by atomic mass is 35.5. The van der Waals surface area contributed by atoms with E-state index >= 15 is 0 Å². The maximum Gasteiger partial charge on any atom is 0.231 e. The van der Waals surface area contributed by atoms with Crippen LogP contribution in [0.4, 0.5) is 0 Å². The molecule has 0 atom stereocenters. The highest BCUT2D eigenvalue weighted by Gasteiger charge is 2.51. The molecule has 1 fully saturated rings. The second-order valence-electron chi connectivity index (χ2n) is 5.00. The summed E-state index contributed by atoms with van der Waals surface area (Å²) in [6.07, 6.45) is 1.68. The standard InChI is InChI=1S/C14H14ClN3O2/c1-9-17-12(18-20-9)8-16-13(19)14(5-6-14)10-3-2-4-11(15)7-10/h2-4,7H,5-6,8H2,1H3,(H,16,19). The zero-order chi connectivity index (χ0) is 14.2. The Bertz CT molecular complexity index is 649. The third-order valence-corrected chi connectivity index (χ3v) is 3.77. The number of hydrogen-bond donors (Lipinski definition) is 1. The summed E-state index contributed by atoms with van der Waals surface area (Å²) in [5.41, 5.74) is 0.524. The van der Waals surface area contributed by atoms with Crippen LogP contribution in [0.2, 0.25) is 5.02 Å². The summed E-state index contributed by atoms with van der Waals surface area (Å²) in [5, 5.41) is 7.27. The third-order valence-electron chi connectivity index (χ3n) is 3.54. The zero-order valence-corrected chi connectivity index (χ0v) is 11.8. The highest BCUT2D eigenvalue weighted by Crippen LogP contribution is 2.48. The summed E-state index contributed by atoms with van der Waals surface area (Å²) in [4.78, 5) is 16.4. The van der Waals surface area contributed by atoms with Crippen molar-refractivity contribution in [2.75, 3.05) is 0 Å². The Hall–Kier alpha value is -1.88. The Morgan fingerprint density at radius 3 is 2.90 bits per heavy atom. The first-order chi connectivity index (χ1) is 9.60. The van der Waals surface area contributed by atoms with Gasteiger partial charge in [-0.2, -0.15) is 4.98 Å². The van der Waals surface area contributed by atoms with E-state index in [4.69, 9.17) is 16.1 Å². The van der Waals surface area contributed by atoms with Gasteiger partial charge in [-0.25, -0.2) is 0 Å². The molecule has 0 saturated heterocycles. The van der Waals surface area contributed by atoms with Gasteiger partial charge in [0.25, 0.3) is 0 Å². The van der Waals surface area contributed by atoms with Gasteiger partial charge in [-0.1, -0.05) is 28.9 Å². The van der Waals surface area contributed by atoms with Gasteiger partial charge in [-0.15, -0.1) is 0 Å². The predicted molar refractivity (Wildman–Crippen MR) is 73.2 cm³/mol. The van der Waals surface area contributed by atoms with Gasteiger partial charge < -0.3 is 9.84 Å². The minimum absolute atomic E-state index is 0.0118. The summed E-state index contributed by atoms with van der Waals surface area (Å²) in [6.45, 7) is 1.99. The van der Waals surface area contributed by atoms with Crippen molar-refractivity contribution in [3.63, 3.8) is 0 Å². The van der Waals surface area contributed by atoms with Crippen molar-refractivity contribution in [2.24, 2.45) is 0 Å². The van der Waals surface area contributed by atoms with E-state index in [0.29, 0.717) is 16.7 Å². The Morgan fingerprint density at radius 1 is 1.50 bits per heavy atom. The molecule has 1 N–H and O–H groups in total. The lowest BCUT2D eigenvalue weighted by Gasteiger charge is -2.15. The van der Waals surface area contributed by atoms with Crippen molar-refractivity contribution in [1.29, 1.82) is 0 Å². The van der Waals surface area contributed by atoms with Gasteiger partial charge >= 0.3 is 0 Å². The van der Waals surface area contributed by atoms with Crippen LogP contribution in [0, 0.1) is 6.92 Å². The van der Waals surface area contributed by atoms with Gasteiger partial charge in [0, 0.05) is 11.9 Å². The molecule has 1 amide bonds. The van der Waals surface area contributed by atoms with Crippen molar-refractivity contribution in [3.8, 4) is 0 Å². The van der Waals surface area contributed by atoms with Crippen LogP contribution < -0.4 is 5.32 Å². The molecule has 5 nitrogen and oxygen atoms in total. The maximum atomic E-state index is 12.4. The monoisotopic (exact) mass is 291 g/mol. The molecule has 1 saturated carbocycles. The van der Waals surface area contributed by atoms with E-state index < -0.39 is 5.41 Å². The molecule has 0 radical (unpaired) electrons. The molecule has 1 heterocycles. The molecule has 104 valence electrons. The summed E-state index contributed by atoms with van der Waals surface area (Å²) >= 11 is 5.99. The van der Waals surface area contributed by atoms with Gasteiger partial charge in [0.2, 0.25) is 11.8 Å². The molecule has 3 rings (SSSR count). The minimum atomic E-state index is -0.441. The van der Waals surface area contributed by atoms with Crippen molar-refractivity contribution in [3.05, 3.63) is 46.6 Å². The number of aromatic nitrogens is 2. The van der Waals surface area contributed by atoms with Crippen LogP contribution in [0.1, 0.15) is 30.1 Å². The fourth-order valence-electron chi connectivity index (χ4n) is 2.30. The van der Waals surface area contributed by atoms with E-state index in [9.17, 15) is 4.79 Å². The quantitative estimate of drug-likeness (QED) is 0.939.